The molecule has 2 aliphatic rings. The van der Waals surface area contributed by atoms with Gasteiger partial charge >= 0.3 is 10.1 Å². The Morgan fingerprint density at radius 2 is 1.32 bits per heavy atom. The fourth-order valence-corrected chi connectivity index (χ4v) is 6.90. The van der Waals surface area contributed by atoms with Crippen molar-refractivity contribution in [2.45, 2.75) is 23.9 Å². The summed E-state index contributed by atoms with van der Waals surface area (Å²) in [5.74, 6) is 0.245. The molecule has 2 bridgehead atoms. The first-order valence-corrected chi connectivity index (χ1v) is 14.7. The summed E-state index contributed by atoms with van der Waals surface area (Å²) >= 11 is 5.94. The molecule has 0 amide bonds. The van der Waals surface area contributed by atoms with Crippen LogP contribution in [-0.4, -0.2) is 41.2 Å². The minimum Gasteiger partial charge on any atom is -0.508 e. The molecule has 9 heteroatoms. The number of phenolic OH excluding ortho intramolecular Hbond substituents is 3. The number of halogens is 1. The summed E-state index contributed by atoms with van der Waals surface area (Å²) in [5, 5.41) is 28.8. The topological polar surface area (TPSA) is 113 Å². The highest BCUT2D eigenvalue weighted by molar-refractivity contribution is 7.87. The van der Waals surface area contributed by atoms with Crippen molar-refractivity contribution in [3.8, 4) is 23.0 Å². The molecule has 4 aromatic rings. The third kappa shape index (κ3) is 5.54. The lowest BCUT2D eigenvalue weighted by molar-refractivity contribution is 0.128. The van der Waals surface area contributed by atoms with Crippen LogP contribution in [0.1, 0.15) is 28.7 Å². The van der Waals surface area contributed by atoms with Gasteiger partial charge in [-0.15, -0.1) is 0 Å². The molecule has 4 aromatic carbocycles. The summed E-state index contributed by atoms with van der Waals surface area (Å²) in [5.41, 5.74) is 4.79. The molecular formula is C32H25ClO7S. The van der Waals surface area contributed by atoms with Gasteiger partial charge in [0.2, 0.25) is 0 Å². The van der Waals surface area contributed by atoms with E-state index in [-0.39, 0.29) is 29.4 Å². The fraction of sp³-hybridized carbons (Fsp3) is 0.125. The van der Waals surface area contributed by atoms with Crippen LogP contribution in [0.15, 0.2) is 91.0 Å². The van der Waals surface area contributed by atoms with Crippen molar-refractivity contribution in [2.75, 3.05) is 0 Å². The highest BCUT2D eigenvalue weighted by atomic mass is 35.5. The van der Waals surface area contributed by atoms with Crippen LogP contribution >= 0.6 is 11.6 Å². The van der Waals surface area contributed by atoms with Crippen LogP contribution in [0.5, 0.6) is 23.0 Å². The van der Waals surface area contributed by atoms with Crippen molar-refractivity contribution in [3.63, 3.8) is 0 Å². The van der Waals surface area contributed by atoms with Gasteiger partial charge in [0.15, 0.2) is 0 Å². The van der Waals surface area contributed by atoms with E-state index in [1.54, 1.807) is 54.6 Å². The van der Waals surface area contributed by atoms with Crippen molar-refractivity contribution < 1.29 is 32.7 Å². The number of hydrogen-bond donors (Lipinski definition) is 3. The lowest BCUT2D eigenvalue weighted by atomic mass is 9.83. The molecule has 3 unspecified atom stereocenters. The standard InChI is InChI=1S/C32H25ClO7S/c33-23-9-13-27(14-10-23)40-41(37,38)29-18-28-30(21-7-11-24(34)12-8-21)31(32(29)39-28)22-5-3-19(4-6-22)1-2-20-15-25(35)17-26(36)16-20/h1-17,28-29,32,34-36H,18H2/b2-1+. The summed E-state index contributed by atoms with van der Waals surface area (Å²) < 4.78 is 38.6. The van der Waals surface area contributed by atoms with Crippen LogP contribution in [-0.2, 0) is 14.9 Å². The van der Waals surface area contributed by atoms with E-state index in [0.29, 0.717) is 10.6 Å². The van der Waals surface area contributed by atoms with E-state index < -0.39 is 27.6 Å². The van der Waals surface area contributed by atoms with Crippen LogP contribution < -0.4 is 4.18 Å². The Hall–Kier alpha value is -4.24. The van der Waals surface area contributed by atoms with Gasteiger partial charge in [0.05, 0.1) is 6.10 Å². The average molecular weight is 589 g/mol. The number of hydrogen-bond acceptors (Lipinski definition) is 7. The van der Waals surface area contributed by atoms with Gasteiger partial charge in [-0.3, -0.25) is 0 Å². The SMILES string of the molecule is O=S(=O)(Oc1ccc(Cl)cc1)C1CC2OC1C(c1ccc(/C=C/c3cc(O)cc(O)c3)cc1)=C2c1ccc(O)cc1. The lowest BCUT2D eigenvalue weighted by Gasteiger charge is -2.24. The van der Waals surface area contributed by atoms with Crippen molar-refractivity contribution in [3.05, 3.63) is 118 Å². The summed E-state index contributed by atoms with van der Waals surface area (Å²) in [4.78, 5) is 0. The third-order valence-corrected chi connectivity index (χ3v) is 9.04. The largest absolute Gasteiger partial charge is 0.508 e. The van der Waals surface area contributed by atoms with Crippen LogP contribution in [0.25, 0.3) is 23.3 Å². The van der Waals surface area contributed by atoms with Crippen LogP contribution in [0.3, 0.4) is 0 Å². The number of benzene rings is 4. The molecule has 2 aliphatic heterocycles. The maximum atomic E-state index is 13.4. The average Bonchev–Trinajstić information content (AvgIpc) is 3.54. The maximum absolute atomic E-state index is 13.4. The zero-order valence-electron chi connectivity index (χ0n) is 21.5. The Balaban J connectivity index is 1.34. The molecule has 7 nitrogen and oxygen atoms in total. The minimum atomic E-state index is -4.06. The Morgan fingerprint density at radius 3 is 1.98 bits per heavy atom. The first-order valence-electron chi connectivity index (χ1n) is 12.9. The van der Waals surface area contributed by atoms with Crippen molar-refractivity contribution in [1.82, 2.24) is 0 Å². The second kappa shape index (κ2) is 10.6. The predicted molar refractivity (Wildman–Crippen MR) is 158 cm³/mol. The maximum Gasteiger partial charge on any atom is 0.315 e. The minimum absolute atomic E-state index is 0.0328. The number of fused-ring (bicyclic) bond motifs is 2. The molecule has 1 fully saturated rings. The second-order valence-corrected chi connectivity index (χ2v) is 12.2. The Bertz CT molecular complexity index is 1740. The van der Waals surface area contributed by atoms with E-state index in [4.69, 9.17) is 20.5 Å². The highest BCUT2D eigenvalue weighted by Crippen LogP contribution is 2.51. The summed E-state index contributed by atoms with van der Waals surface area (Å²) in [7, 11) is -4.06. The normalized spacial score (nSPS) is 20.2. The van der Waals surface area contributed by atoms with Crippen LogP contribution in [0.4, 0.5) is 0 Å². The van der Waals surface area contributed by atoms with Crippen LogP contribution in [0.2, 0.25) is 5.02 Å². The molecule has 1 saturated heterocycles. The number of phenols is 3. The van der Waals surface area contributed by atoms with E-state index in [2.05, 4.69) is 0 Å². The molecule has 0 radical (unpaired) electrons. The molecule has 41 heavy (non-hydrogen) atoms. The van der Waals surface area contributed by atoms with Crippen LogP contribution in [0, 0.1) is 0 Å². The smallest absolute Gasteiger partial charge is 0.315 e. The van der Waals surface area contributed by atoms with Crippen molar-refractivity contribution >= 4 is 45.0 Å². The number of ether oxygens (including phenoxy) is 1. The van der Waals surface area contributed by atoms with Gasteiger partial charge in [-0.05, 0) is 81.9 Å². The molecular weight excluding hydrogens is 564 g/mol. The predicted octanol–water partition coefficient (Wildman–Crippen LogP) is 6.49. The van der Waals surface area contributed by atoms with Gasteiger partial charge in [0, 0.05) is 17.5 Å². The Labute approximate surface area is 242 Å². The fourth-order valence-electron chi connectivity index (χ4n) is 5.36. The van der Waals surface area contributed by atoms with E-state index in [1.165, 1.54) is 18.2 Å². The van der Waals surface area contributed by atoms with Gasteiger partial charge in [0.25, 0.3) is 0 Å². The van der Waals surface area contributed by atoms with E-state index in [1.807, 2.05) is 30.3 Å². The molecule has 0 saturated carbocycles. The van der Waals surface area contributed by atoms with Gasteiger partial charge < -0.3 is 24.2 Å². The zero-order valence-corrected chi connectivity index (χ0v) is 23.1. The van der Waals surface area contributed by atoms with Crippen molar-refractivity contribution in [2.24, 2.45) is 0 Å². The first-order chi connectivity index (χ1) is 19.7. The summed E-state index contributed by atoms with van der Waals surface area (Å²) in [6.45, 7) is 0. The third-order valence-electron chi connectivity index (χ3n) is 7.18. The Kier molecular flexibility index (Phi) is 6.99. The van der Waals surface area contributed by atoms with E-state index in [9.17, 15) is 23.7 Å². The molecule has 3 atom stereocenters. The lowest BCUT2D eigenvalue weighted by Crippen LogP contribution is -2.35. The molecule has 6 rings (SSSR count). The number of rotatable bonds is 7. The second-order valence-electron chi connectivity index (χ2n) is 9.96. The zero-order chi connectivity index (χ0) is 28.7. The highest BCUT2D eigenvalue weighted by Gasteiger charge is 2.53. The monoisotopic (exact) mass is 588 g/mol. The molecule has 0 aromatic heterocycles. The molecule has 0 spiro atoms. The Morgan fingerprint density at radius 1 is 0.732 bits per heavy atom. The molecule has 3 N–H and O–H groups in total. The van der Waals surface area contributed by atoms with Gasteiger partial charge in [0.1, 0.15) is 34.4 Å². The molecule has 2 heterocycles. The van der Waals surface area contributed by atoms with Gasteiger partial charge in [-0.1, -0.05) is 60.2 Å². The van der Waals surface area contributed by atoms with Gasteiger partial charge in [-0.25, -0.2) is 0 Å². The summed E-state index contributed by atoms with van der Waals surface area (Å²) in [6, 6.07) is 24.9. The van der Waals surface area contributed by atoms with Crippen molar-refractivity contribution in [1.29, 1.82) is 0 Å². The van der Waals surface area contributed by atoms with Gasteiger partial charge in [-0.2, -0.15) is 8.42 Å². The quantitative estimate of drug-likeness (QED) is 0.167. The number of aromatic hydroxyl groups is 3. The molecule has 208 valence electrons. The van der Waals surface area contributed by atoms with E-state index in [0.717, 1.165) is 27.8 Å². The summed E-state index contributed by atoms with van der Waals surface area (Å²) in [6.07, 6.45) is 2.63. The first kappa shape index (κ1) is 27.0. The molecule has 0 aliphatic carbocycles. The van der Waals surface area contributed by atoms with E-state index >= 15 is 0 Å².